The van der Waals surface area contributed by atoms with Crippen LogP contribution in [0.25, 0.3) is 0 Å². The maximum atomic E-state index is 12.7. The molecule has 6 nitrogen and oxygen atoms in total. The molecule has 172 valence electrons. The maximum Gasteiger partial charge on any atom is 0.244 e. The van der Waals surface area contributed by atoms with E-state index in [0.717, 1.165) is 23.3 Å². The minimum Gasteiger partial charge on any atom is -0.492 e. The summed E-state index contributed by atoms with van der Waals surface area (Å²) in [6.07, 6.45) is 0.807. The fourth-order valence-electron chi connectivity index (χ4n) is 3.92. The Hall–Kier alpha value is -2.61. The first-order chi connectivity index (χ1) is 15.3. The van der Waals surface area contributed by atoms with Gasteiger partial charge in [0, 0.05) is 18.5 Å². The molecular formula is C25H32N2O4S. The number of benzene rings is 2. The third-order valence-corrected chi connectivity index (χ3v) is 6.98. The number of nitrogens with two attached hydrogens (primary N) is 1. The van der Waals surface area contributed by atoms with Crippen LogP contribution in [-0.2, 0) is 23.0 Å². The highest BCUT2D eigenvalue weighted by atomic mass is 32.2. The lowest BCUT2D eigenvalue weighted by molar-refractivity contribution is 0.238. The van der Waals surface area contributed by atoms with Gasteiger partial charge in [-0.2, -0.15) is 0 Å². The van der Waals surface area contributed by atoms with Gasteiger partial charge in [0.15, 0.2) is 0 Å². The van der Waals surface area contributed by atoms with E-state index < -0.39 is 10.0 Å². The van der Waals surface area contributed by atoms with Gasteiger partial charge in [0.25, 0.3) is 0 Å². The van der Waals surface area contributed by atoms with E-state index in [1.165, 1.54) is 11.6 Å². The van der Waals surface area contributed by atoms with Gasteiger partial charge in [-0.3, -0.25) is 0 Å². The van der Waals surface area contributed by atoms with Crippen molar-refractivity contribution in [2.24, 2.45) is 5.73 Å². The number of furan rings is 1. The first kappa shape index (κ1) is 24.0. The lowest BCUT2D eigenvalue weighted by Gasteiger charge is -2.32. The molecule has 0 fully saturated rings. The van der Waals surface area contributed by atoms with Crippen molar-refractivity contribution in [3.8, 4) is 5.75 Å². The van der Waals surface area contributed by atoms with E-state index in [2.05, 4.69) is 16.9 Å². The lowest BCUT2D eigenvalue weighted by atomic mass is 9.84. The van der Waals surface area contributed by atoms with Crippen molar-refractivity contribution in [3.05, 3.63) is 82.8 Å². The normalized spacial score (nSPS) is 17.7. The van der Waals surface area contributed by atoms with Crippen LogP contribution in [0.4, 0.5) is 0 Å². The number of fused-ring (bicyclic) bond motifs is 1. The molecule has 2 aromatic carbocycles. The Morgan fingerprint density at radius 2 is 1.75 bits per heavy atom. The van der Waals surface area contributed by atoms with Crippen LogP contribution in [0.3, 0.4) is 0 Å². The van der Waals surface area contributed by atoms with E-state index >= 15 is 0 Å². The van der Waals surface area contributed by atoms with Crippen LogP contribution < -0.4 is 15.2 Å². The summed E-state index contributed by atoms with van der Waals surface area (Å²) in [6, 6.07) is 17.4. The third-order valence-electron chi connectivity index (χ3n) is 5.47. The van der Waals surface area contributed by atoms with Crippen LogP contribution in [0.1, 0.15) is 48.0 Å². The molecular weight excluding hydrogens is 424 g/mol. The first-order valence-corrected chi connectivity index (χ1v) is 12.4. The molecule has 32 heavy (non-hydrogen) atoms. The van der Waals surface area contributed by atoms with Crippen molar-refractivity contribution in [1.82, 2.24) is 4.72 Å². The molecule has 1 aliphatic rings. The predicted octanol–water partition coefficient (Wildman–Crippen LogP) is 4.45. The molecule has 0 spiro atoms. The number of sulfonamides is 1. The van der Waals surface area contributed by atoms with Crippen molar-refractivity contribution in [1.29, 1.82) is 0 Å². The summed E-state index contributed by atoms with van der Waals surface area (Å²) in [6.45, 7) is 8.02. The summed E-state index contributed by atoms with van der Waals surface area (Å²) < 4.78 is 39.2. The van der Waals surface area contributed by atoms with Crippen molar-refractivity contribution in [2.45, 2.75) is 57.5 Å². The molecule has 1 aliphatic heterocycles. The summed E-state index contributed by atoms with van der Waals surface area (Å²) in [4.78, 5) is 0.172. The monoisotopic (exact) mass is 456 g/mol. The smallest absolute Gasteiger partial charge is 0.244 e. The maximum absolute atomic E-state index is 12.7. The minimum absolute atomic E-state index is 0.103. The van der Waals surface area contributed by atoms with E-state index in [1.54, 1.807) is 13.8 Å². The van der Waals surface area contributed by atoms with Gasteiger partial charge in [-0.05, 0) is 49.1 Å². The van der Waals surface area contributed by atoms with Crippen LogP contribution in [-0.4, -0.2) is 21.1 Å². The van der Waals surface area contributed by atoms with Crippen LogP contribution in [0.5, 0.6) is 5.75 Å². The summed E-state index contributed by atoms with van der Waals surface area (Å²) in [5.74, 6) is 1.86. The third kappa shape index (κ3) is 5.41. The average Bonchev–Trinajstić information content (AvgIpc) is 3.15. The zero-order chi connectivity index (χ0) is 23.3. The van der Waals surface area contributed by atoms with Crippen molar-refractivity contribution in [3.63, 3.8) is 0 Å². The molecule has 0 saturated carbocycles. The van der Waals surface area contributed by atoms with Gasteiger partial charge in [0.05, 0.1) is 0 Å². The molecule has 3 N–H and O–H groups in total. The fraction of sp³-hybridized carbons (Fsp3) is 0.360. The van der Waals surface area contributed by atoms with Gasteiger partial charge < -0.3 is 14.9 Å². The molecule has 2 heterocycles. The highest BCUT2D eigenvalue weighted by molar-refractivity contribution is 7.89. The van der Waals surface area contributed by atoms with Crippen LogP contribution in [0, 0.1) is 13.8 Å². The number of ether oxygens (including phenoxy) is 1. The van der Waals surface area contributed by atoms with Gasteiger partial charge in [0.2, 0.25) is 10.0 Å². The van der Waals surface area contributed by atoms with Gasteiger partial charge in [-0.1, -0.05) is 56.3 Å². The Kier molecular flexibility index (Phi) is 7.77. The Morgan fingerprint density at radius 3 is 2.41 bits per heavy atom. The van der Waals surface area contributed by atoms with Gasteiger partial charge >= 0.3 is 0 Å². The van der Waals surface area contributed by atoms with Crippen molar-refractivity contribution in [2.75, 3.05) is 6.61 Å². The first-order valence-electron chi connectivity index (χ1n) is 11.0. The molecule has 2 atom stereocenters. The quantitative estimate of drug-likeness (QED) is 0.572. The second-order valence-corrected chi connectivity index (χ2v) is 9.48. The highest BCUT2D eigenvalue weighted by Gasteiger charge is 2.29. The topological polar surface area (TPSA) is 94.6 Å². The second kappa shape index (κ2) is 10.3. The van der Waals surface area contributed by atoms with Gasteiger partial charge in [-0.25, -0.2) is 13.1 Å². The largest absolute Gasteiger partial charge is 0.492 e. The molecule has 1 aromatic heterocycles. The fourth-order valence-corrected chi connectivity index (χ4v) is 5.18. The predicted molar refractivity (Wildman–Crippen MR) is 126 cm³/mol. The van der Waals surface area contributed by atoms with Crippen LogP contribution >= 0.6 is 0 Å². The summed E-state index contributed by atoms with van der Waals surface area (Å²) >= 11 is 0. The number of aryl methyl sites for hydroxylation is 2. The minimum atomic E-state index is -3.66. The molecule has 4 rings (SSSR count). The average molecular weight is 457 g/mol. The zero-order valence-corrected chi connectivity index (χ0v) is 19.9. The van der Waals surface area contributed by atoms with Gasteiger partial charge in [0.1, 0.15) is 28.8 Å². The molecule has 7 heteroatoms. The molecule has 0 amide bonds. The molecule has 3 aromatic rings. The molecule has 0 aliphatic carbocycles. The van der Waals surface area contributed by atoms with Crippen LogP contribution in [0.15, 0.2) is 63.9 Å². The van der Waals surface area contributed by atoms with Gasteiger partial charge in [-0.15, -0.1) is 0 Å². The van der Waals surface area contributed by atoms with Crippen molar-refractivity contribution < 1.29 is 17.6 Å². The summed E-state index contributed by atoms with van der Waals surface area (Å²) in [7, 11) is -3.66. The van der Waals surface area contributed by atoms with E-state index in [-0.39, 0.29) is 23.4 Å². The number of hydrogen-bond acceptors (Lipinski definition) is 5. The Morgan fingerprint density at radius 1 is 1.03 bits per heavy atom. The van der Waals surface area contributed by atoms with E-state index in [1.807, 2.05) is 50.2 Å². The molecule has 0 saturated heterocycles. The summed E-state index contributed by atoms with van der Waals surface area (Å²) in [5, 5.41) is 0. The molecule has 0 bridgehead atoms. The lowest BCUT2D eigenvalue weighted by Crippen LogP contribution is -2.39. The van der Waals surface area contributed by atoms with E-state index in [0.29, 0.717) is 18.1 Å². The standard InChI is InChI=1S/C23H26N2O4S.C2H6/c1-15-10-23(16(2)29-15)30(26,27)25-13-18-8-9-22-20(12-18)19(21(24)14-28-22)11-17-6-4-3-5-7-17;1-2/h3-10,12,19,21,25H,11,13-14,24H2,1-2H3;1-2H3. The number of nitrogens with one attached hydrogen (secondary N) is 1. The molecule has 2 unspecified atom stereocenters. The number of hydrogen-bond donors (Lipinski definition) is 2. The number of rotatable bonds is 6. The van der Waals surface area contributed by atoms with Crippen LogP contribution in [0.2, 0.25) is 0 Å². The highest BCUT2D eigenvalue weighted by Crippen LogP contribution is 2.36. The second-order valence-electron chi connectivity index (χ2n) is 7.75. The molecule has 0 radical (unpaired) electrons. The van der Waals surface area contributed by atoms with E-state index in [4.69, 9.17) is 14.9 Å². The summed E-state index contributed by atoms with van der Waals surface area (Å²) in [5.41, 5.74) is 9.46. The SMILES string of the molecule is CC.Cc1cc(S(=O)(=O)NCc2ccc3c(c2)C(Cc2ccccc2)C(N)CO3)c(C)o1. The Balaban J connectivity index is 0.00000141. The zero-order valence-electron chi connectivity index (χ0n) is 19.1. The Bertz CT molecular complexity index is 1140. The Labute approximate surface area is 190 Å². The van der Waals surface area contributed by atoms with E-state index in [9.17, 15) is 8.42 Å². The van der Waals surface area contributed by atoms with Crippen molar-refractivity contribution >= 4 is 10.0 Å².